The number of ether oxygens (including phenoxy) is 2. The van der Waals surface area contributed by atoms with E-state index in [0.29, 0.717) is 29.0 Å². The highest BCUT2D eigenvalue weighted by Crippen LogP contribution is 2.23. The lowest BCUT2D eigenvalue weighted by Gasteiger charge is -2.09. The Morgan fingerprint density at radius 1 is 1.08 bits per heavy atom. The second-order valence-electron chi connectivity index (χ2n) is 5.25. The molecule has 2 aromatic carbocycles. The van der Waals surface area contributed by atoms with Gasteiger partial charge in [-0.15, -0.1) is 0 Å². The summed E-state index contributed by atoms with van der Waals surface area (Å²) in [5.74, 6) is 0.866. The summed E-state index contributed by atoms with van der Waals surface area (Å²) in [6, 6.07) is 13.1. The van der Waals surface area contributed by atoms with E-state index in [9.17, 15) is 9.59 Å². The van der Waals surface area contributed by atoms with Crippen LogP contribution in [0.5, 0.6) is 11.5 Å². The quantitative estimate of drug-likeness (QED) is 0.720. The van der Waals surface area contributed by atoms with Crippen LogP contribution in [-0.2, 0) is 0 Å². The Balaban J connectivity index is 1.92. The Kier molecular flexibility index (Phi) is 4.70. The van der Waals surface area contributed by atoms with Crippen LogP contribution < -0.4 is 20.4 Å². The van der Waals surface area contributed by atoms with Crippen molar-refractivity contribution < 1.29 is 18.7 Å². The predicted octanol–water partition coefficient (Wildman–Crippen LogP) is 3.45. The Bertz CT molecular complexity index is 960. The molecule has 0 radical (unpaired) electrons. The molecular formula is C19H17NO5. The second kappa shape index (κ2) is 7.09. The molecule has 0 aliphatic rings. The highest BCUT2D eigenvalue weighted by atomic mass is 16.5. The normalized spacial score (nSPS) is 10.5. The van der Waals surface area contributed by atoms with Crippen molar-refractivity contribution in [3.63, 3.8) is 0 Å². The molecule has 1 heterocycles. The van der Waals surface area contributed by atoms with E-state index in [4.69, 9.17) is 13.9 Å². The van der Waals surface area contributed by atoms with Crippen molar-refractivity contribution in [2.45, 2.75) is 6.92 Å². The average molecular weight is 339 g/mol. The third-order valence-corrected chi connectivity index (χ3v) is 3.62. The molecule has 1 N–H and O–H groups in total. The van der Waals surface area contributed by atoms with E-state index in [2.05, 4.69) is 5.32 Å². The summed E-state index contributed by atoms with van der Waals surface area (Å²) >= 11 is 0. The summed E-state index contributed by atoms with van der Waals surface area (Å²) in [6.07, 6.45) is 0. The van der Waals surface area contributed by atoms with Gasteiger partial charge in [-0.25, -0.2) is 4.79 Å². The van der Waals surface area contributed by atoms with E-state index in [0.717, 1.165) is 5.75 Å². The van der Waals surface area contributed by atoms with Gasteiger partial charge in [0.15, 0.2) is 0 Å². The standard InChI is InChI=1S/C19H17NO5/c1-3-24-13-6-4-12(5-7-13)20-19(22)16-11-18(21)25-17-10-14(23-2)8-9-15(16)17/h4-11H,3H2,1-2H3,(H,20,22). The Morgan fingerprint density at radius 2 is 1.80 bits per heavy atom. The summed E-state index contributed by atoms with van der Waals surface area (Å²) in [6.45, 7) is 2.47. The highest BCUT2D eigenvalue weighted by molar-refractivity contribution is 6.12. The van der Waals surface area contributed by atoms with Crippen LogP contribution in [0.2, 0.25) is 0 Å². The minimum Gasteiger partial charge on any atom is -0.497 e. The van der Waals surface area contributed by atoms with Crippen LogP contribution >= 0.6 is 0 Å². The molecule has 0 saturated carbocycles. The van der Waals surface area contributed by atoms with Crippen molar-refractivity contribution in [3.05, 3.63) is 64.5 Å². The van der Waals surface area contributed by atoms with Gasteiger partial charge in [-0.3, -0.25) is 4.79 Å². The maximum absolute atomic E-state index is 12.6. The molecule has 25 heavy (non-hydrogen) atoms. The average Bonchev–Trinajstić information content (AvgIpc) is 2.62. The number of carbonyl (C=O) groups excluding carboxylic acids is 1. The van der Waals surface area contributed by atoms with Crippen LogP contribution in [0.15, 0.2) is 57.7 Å². The first-order valence-corrected chi connectivity index (χ1v) is 7.77. The van der Waals surface area contributed by atoms with Crippen LogP contribution in [0.3, 0.4) is 0 Å². The molecule has 0 saturated heterocycles. The molecule has 6 heteroatoms. The van der Waals surface area contributed by atoms with Gasteiger partial charge in [-0.2, -0.15) is 0 Å². The summed E-state index contributed by atoms with van der Waals surface area (Å²) in [4.78, 5) is 24.4. The number of fused-ring (bicyclic) bond motifs is 1. The zero-order valence-corrected chi connectivity index (χ0v) is 13.9. The molecule has 0 unspecified atom stereocenters. The van der Waals surface area contributed by atoms with Crippen molar-refractivity contribution in [3.8, 4) is 11.5 Å². The SMILES string of the molecule is CCOc1ccc(NC(=O)c2cc(=O)oc3cc(OC)ccc23)cc1. The van der Waals surface area contributed by atoms with Crippen LogP contribution in [0.4, 0.5) is 5.69 Å². The molecule has 0 fully saturated rings. The van der Waals surface area contributed by atoms with E-state index in [1.165, 1.54) is 13.2 Å². The number of amides is 1. The fourth-order valence-electron chi connectivity index (χ4n) is 2.46. The van der Waals surface area contributed by atoms with Gasteiger partial charge in [-0.1, -0.05) is 0 Å². The molecule has 6 nitrogen and oxygen atoms in total. The minimum atomic E-state index is -0.599. The third kappa shape index (κ3) is 3.63. The Morgan fingerprint density at radius 3 is 2.48 bits per heavy atom. The first-order chi connectivity index (χ1) is 12.1. The zero-order valence-electron chi connectivity index (χ0n) is 13.9. The minimum absolute atomic E-state index is 0.239. The van der Waals surface area contributed by atoms with E-state index < -0.39 is 11.5 Å². The lowest BCUT2D eigenvalue weighted by Crippen LogP contribution is -2.15. The molecule has 0 aliphatic carbocycles. The van der Waals surface area contributed by atoms with Gasteiger partial charge in [-0.05, 0) is 43.3 Å². The maximum Gasteiger partial charge on any atom is 0.337 e. The number of hydrogen-bond donors (Lipinski definition) is 1. The molecule has 0 spiro atoms. The molecule has 1 amide bonds. The largest absolute Gasteiger partial charge is 0.497 e. The van der Waals surface area contributed by atoms with E-state index >= 15 is 0 Å². The van der Waals surface area contributed by atoms with Gasteiger partial charge in [0.1, 0.15) is 17.1 Å². The van der Waals surface area contributed by atoms with Gasteiger partial charge in [0.05, 0.1) is 19.3 Å². The predicted molar refractivity (Wildman–Crippen MR) is 94.6 cm³/mol. The monoisotopic (exact) mass is 339 g/mol. The Hall–Kier alpha value is -3.28. The first kappa shape index (κ1) is 16.6. The third-order valence-electron chi connectivity index (χ3n) is 3.62. The number of methoxy groups -OCH3 is 1. The van der Waals surface area contributed by atoms with Gasteiger partial charge in [0, 0.05) is 23.2 Å². The topological polar surface area (TPSA) is 77.8 Å². The van der Waals surface area contributed by atoms with Crippen molar-refractivity contribution in [1.29, 1.82) is 0 Å². The highest BCUT2D eigenvalue weighted by Gasteiger charge is 2.14. The van der Waals surface area contributed by atoms with Crippen LogP contribution in [0.25, 0.3) is 11.0 Å². The van der Waals surface area contributed by atoms with Gasteiger partial charge >= 0.3 is 5.63 Å². The van der Waals surface area contributed by atoms with Crippen LogP contribution in [0, 0.1) is 0 Å². The molecule has 0 atom stereocenters. The van der Waals surface area contributed by atoms with E-state index in [1.54, 1.807) is 42.5 Å². The molecule has 128 valence electrons. The summed E-state index contributed by atoms with van der Waals surface area (Å²) in [7, 11) is 1.52. The molecule has 3 rings (SSSR count). The van der Waals surface area contributed by atoms with Gasteiger partial charge in [0.25, 0.3) is 5.91 Å². The first-order valence-electron chi connectivity index (χ1n) is 7.77. The van der Waals surface area contributed by atoms with Gasteiger partial charge < -0.3 is 19.2 Å². The van der Waals surface area contributed by atoms with Gasteiger partial charge in [0.2, 0.25) is 0 Å². The van der Waals surface area contributed by atoms with Crippen molar-refractivity contribution in [2.24, 2.45) is 0 Å². The van der Waals surface area contributed by atoms with E-state index in [-0.39, 0.29) is 5.56 Å². The van der Waals surface area contributed by atoms with Crippen molar-refractivity contribution >= 4 is 22.6 Å². The molecule has 1 aromatic heterocycles. The van der Waals surface area contributed by atoms with Crippen molar-refractivity contribution in [1.82, 2.24) is 0 Å². The summed E-state index contributed by atoms with van der Waals surface area (Å²) < 4.78 is 15.6. The molecule has 3 aromatic rings. The lowest BCUT2D eigenvalue weighted by atomic mass is 10.1. The fourth-order valence-corrected chi connectivity index (χ4v) is 2.46. The molecular weight excluding hydrogens is 322 g/mol. The summed E-state index contributed by atoms with van der Waals surface area (Å²) in [5.41, 5.74) is 0.535. The zero-order chi connectivity index (χ0) is 17.8. The number of rotatable bonds is 5. The maximum atomic E-state index is 12.6. The lowest BCUT2D eigenvalue weighted by molar-refractivity contribution is 0.102. The van der Waals surface area contributed by atoms with Crippen LogP contribution in [-0.4, -0.2) is 19.6 Å². The Labute approximate surface area is 144 Å². The number of hydrogen-bond acceptors (Lipinski definition) is 5. The number of carbonyl (C=O) groups is 1. The number of benzene rings is 2. The number of anilines is 1. The van der Waals surface area contributed by atoms with Crippen molar-refractivity contribution in [2.75, 3.05) is 19.0 Å². The van der Waals surface area contributed by atoms with E-state index in [1.807, 2.05) is 6.92 Å². The smallest absolute Gasteiger partial charge is 0.337 e. The second-order valence-corrected chi connectivity index (χ2v) is 5.25. The molecule has 0 aliphatic heterocycles. The van der Waals surface area contributed by atoms with Crippen LogP contribution in [0.1, 0.15) is 17.3 Å². The summed E-state index contributed by atoms with van der Waals surface area (Å²) in [5, 5.41) is 3.30. The fraction of sp³-hybridized carbons (Fsp3) is 0.158. The molecule has 0 bridgehead atoms. The number of nitrogens with one attached hydrogen (secondary N) is 1.